The molecule has 2 aromatic carbocycles. The minimum atomic E-state index is -0.825. The highest BCUT2D eigenvalue weighted by atomic mass is 32.2. The molecule has 1 aliphatic rings. The van der Waals surface area contributed by atoms with Crippen molar-refractivity contribution in [3.8, 4) is 0 Å². The Kier molecular flexibility index (Phi) is 6.20. The summed E-state index contributed by atoms with van der Waals surface area (Å²) in [5.74, 6) is -1.06. The molecule has 4 aromatic rings. The van der Waals surface area contributed by atoms with Gasteiger partial charge in [-0.1, -0.05) is 83.8 Å². The number of ketones is 1. The molecule has 0 aliphatic carbocycles. The summed E-state index contributed by atoms with van der Waals surface area (Å²) in [6.45, 7) is 0. The third kappa shape index (κ3) is 4.23. The van der Waals surface area contributed by atoms with E-state index in [1.54, 1.807) is 12.1 Å². The summed E-state index contributed by atoms with van der Waals surface area (Å²) in [5, 5.41) is 19.8. The van der Waals surface area contributed by atoms with Gasteiger partial charge in [0.05, 0.1) is 11.6 Å². The largest absolute Gasteiger partial charge is 0.507 e. The summed E-state index contributed by atoms with van der Waals surface area (Å²) in [6.07, 6.45) is 3.03. The van der Waals surface area contributed by atoms with Crippen LogP contribution in [0.2, 0.25) is 0 Å². The molecule has 1 atom stereocenters. The Morgan fingerprint density at radius 2 is 1.62 bits per heavy atom. The Bertz CT molecular complexity index is 1360. The smallest absolute Gasteiger partial charge is 0.301 e. The molecule has 1 aliphatic heterocycles. The summed E-state index contributed by atoms with van der Waals surface area (Å²) in [6, 6.07) is 21.5. The number of hydrogen-bond donors (Lipinski definition) is 1. The molecule has 7 nitrogen and oxygen atoms in total. The molecule has 1 N–H and O–H groups in total. The van der Waals surface area contributed by atoms with E-state index in [1.807, 2.05) is 60.7 Å². The van der Waals surface area contributed by atoms with Crippen LogP contribution in [0, 0.1) is 0 Å². The fraction of sp³-hybridized carbons (Fsp3) is 0.0800. The van der Waals surface area contributed by atoms with Gasteiger partial charge in [0.25, 0.3) is 5.78 Å². The predicted octanol–water partition coefficient (Wildman–Crippen LogP) is 4.85. The van der Waals surface area contributed by atoms with E-state index in [1.165, 1.54) is 40.4 Å². The van der Waals surface area contributed by atoms with Crippen molar-refractivity contribution in [2.45, 2.75) is 16.1 Å². The Balaban J connectivity index is 1.53. The zero-order valence-corrected chi connectivity index (χ0v) is 19.4. The van der Waals surface area contributed by atoms with E-state index in [0.717, 1.165) is 5.56 Å². The van der Waals surface area contributed by atoms with E-state index >= 15 is 0 Å². The number of pyridine rings is 1. The third-order valence-electron chi connectivity index (χ3n) is 5.32. The molecule has 0 saturated carbocycles. The quantitative estimate of drug-likeness (QED) is 0.137. The van der Waals surface area contributed by atoms with Crippen LogP contribution in [0.1, 0.15) is 22.7 Å². The van der Waals surface area contributed by atoms with E-state index in [9.17, 15) is 14.7 Å². The molecule has 0 spiro atoms. The molecule has 1 unspecified atom stereocenters. The summed E-state index contributed by atoms with van der Waals surface area (Å²) >= 11 is 2.75. The van der Waals surface area contributed by atoms with Crippen molar-refractivity contribution in [2.24, 2.45) is 0 Å². The first-order chi connectivity index (χ1) is 16.6. The first-order valence-corrected chi connectivity index (χ1v) is 12.2. The number of Topliss-reactive ketones (excluding diaryl/α,β-unsaturated/α-hetero) is 1. The van der Waals surface area contributed by atoms with E-state index in [0.29, 0.717) is 26.4 Å². The van der Waals surface area contributed by atoms with Gasteiger partial charge < -0.3 is 5.11 Å². The molecule has 1 saturated heterocycles. The molecular weight excluding hydrogens is 468 g/mol. The summed E-state index contributed by atoms with van der Waals surface area (Å²) < 4.78 is 0.682. The number of aliphatic hydroxyl groups excluding tert-OH is 1. The Hall–Kier alpha value is -3.82. The minimum Gasteiger partial charge on any atom is -0.507 e. The molecule has 9 heteroatoms. The van der Waals surface area contributed by atoms with Gasteiger partial charge in [0.1, 0.15) is 5.76 Å². The number of thioether (sulfide) groups is 1. The zero-order chi connectivity index (χ0) is 23.5. The Labute approximate surface area is 203 Å². The highest BCUT2D eigenvalue weighted by Gasteiger charge is 2.48. The number of amides is 1. The number of carbonyl (C=O) groups is 2. The van der Waals surface area contributed by atoms with Crippen LogP contribution in [-0.2, 0) is 15.3 Å². The number of aliphatic hydroxyl groups is 1. The van der Waals surface area contributed by atoms with Crippen molar-refractivity contribution in [2.75, 3.05) is 4.90 Å². The average molecular weight is 487 g/mol. The summed E-state index contributed by atoms with van der Waals surface area (Å²) in [5.41, 5.74) is 2.25. The molecule has 1 amide bonds. The van der Waals surface area contributed by atoms with Crippen LogP contribution in [-0.4, -0.2) is 32.0 Å². The van der Waals surface area contributed by atoms with E-state index in [2.05, 4.69) is 15.2 Å². The van der Waals surface area contributed by atoms with Gasteiger partial charge in [-0.3, -0.25) is 19.5 Å². The van der Waals surface area contributed by atoms with Crippen molar-refractivity contribution in [3.63, 3.8) is 0 Å². The maximum absolute atomic E-state index is 13.2. The molecule has 3 heterocycles. The van der Waals surface area contributed by atoms with Crippen molar-refractivity contribution >= 4 is 45.7 Å². The average Bonchev–Trinajstić information content (AvgIpc) is 3.46. The van der Waals surface area contributed by atoms with E-state index in [-0.39, 0.29) is 11.3 Å². The normalized spacial score (nSPS) is 17.3. The molecule has 168 valence electrons. The number of nitrogens with zero attached hydrogens (tertiary/aromatic N) is 4. The SMILES string of the molecule is O=C1C(=O)N(c2nnc(SCc3ccccc3)s2)C(c2ccccc2)C1=C(O)c1ccncc1. The third-order valence-corrected chi connectivity index (χ3v) is 7.45. The molecule has 34 heavy (non-hydrogen) atoms. The van der Waals surface area contributed by atoms with Crippen molar-refractivity contribution in [3.05, 3.63) is 107 Å². The number of anilines is 1. The van der Waals surface area contributed by atoms with Crippen LogP contribution < -0.4 is 4.90 Å². The lowest BCUT2D eigenvalue weighted by molar-refractivity contribution is -0.132. The molecule has 0 bridgehead atoms. The lowest BCUT2D eigenvalue weighted by Gasteiger charge is -2.22. The maximum Gasteiger partial charge on any atom is 0.301 e. The van der Waals surface area contributed by atoms with Crippen LogP contribution in [0.15, 0.2) is 95.1 Å². The van der Waals surface area contributed by atoms with E-state index < -0.39 is 17.7 Å². The Morgan fingerprint density at radius 1 is 0.941 bits per heavy atom. The van der Waals surface area contributed by atoms with Crippen molar-refractivity contribution in [1.29, 1.82) is 0 Å². The van der Waals surface area contributed by atoms with Gasteiger partial charge in [0, 0.05) is 23.7 Å². The van der Waals surface area contributed by atoms with Crippen molar-refractivity contribution < 1.29 is 14.7 Å². The topological polar surface area (TPSA) is 96.3 Å². The second-order valence-electron chi connectivity index (χ2n) is 7.44. The Morgan fingerprint density at radius 3 is 2.32 bits per heavy atom. The number of benzene rings is 2. The molecule has 2 aromatic heterocycles. The van der Waals surface area contributed by atoms with Crippen molar-refractivity contribution in [1.82, 2.24) is 15.2 Å². The van der Waals surface area contributed by atoms with Gasteiger partial charge in [0.2, 0.25) is 5.13 Å². The molecule has 5 rings (SSSR count). The highest BCUT2D eigenvalue weighted by Crippen LogP contribution is 2.43. The predicted molar refractivity (Wildman–Crippen MR) is 131 cm³/mol. The standard InChI is InChI=1S/C25H18N4O3S2/c30-21(18-11-13-26-14-12-18)19-20(17-9-5-2-6-10-17)29(23(32)22(19)31)24-27-28-25(34-24)33-15-16-7-3-1-4-8-16/h1-14,20,30H,15H2. The monoisotopic (exact) mass is 486 g/mol. The zero-order valence-electron chi connectivity index (χ0n) is 17.7. The first kappa shape index (κ1) is 22.0. The number of rotatable bonds is 6. The van der Waals surface area contributed by atoms with Crippen LogP contribution >= 0.6 is 23.1 Å². The number of aromatic nitrogens is 3. The summed E-state index contributed by atoms with van der Waals surface area (Å²) in [4.78, 5) is 31.6. The van der Waals surface area contributed by atoms with Gasteiger partial charge in [-0.25, -0.2) is 0 Å². The number of hydrogen-bond acceptors (Lipinski definition) is 8. The van der Waals surface area contributed by atoms with Gasteiger partial charge >= 0.3 is 5.91 Å². The van der Waals surface area contributed by atoms with Crippen LogP contribution in [0.5, 0.6) is 0 Å². The van der Waals surface area contributed by atoms with Crippen LogP contribution in [0.3, 0.4) is 0 Å². The lowest BCUT2D eigenvalue weighted by atomic mass is 9.96. The van der Waals surface area contributed by atoms with Gasteiger partial charge in [-0.15, -0.1) is 10.2 Å². The summed E-state index contributed by atoms with van der Waals surface area (Å²) in [7, 11) is 0. The first-order valence-electron chi connectivity index (χ1n) is 10.4. The van der Waals surface area contributed by atoms with E-state index in [4.69, 9.17) is 0 Å². The maximum atomic E-state index is 13.2. The number of carbonyl (C=O) groups excluding carboxylic acids is 2. The highest BCUT2D eigenvalue weighted by molar-refractivity contribution is 8.00. The second kappa shape index (κ2) is 9.58. The minimum absolute atomic E-state index is 0.0103. The molecule has 1 fully saturated rings. The van der Waals surface area contributed by atoms with Crippen LogP contribution in [0.4, 0.5) is 5.13 Å². The fourth-order valence-corrected chi connectivity index (χ4v) is 5.55. The lowest BCUT2D eigenvalue weighted by Crippen LogP contribution is -2.29. The van der Waals surface area contributed by atoms with Crippen LogP contribution in [0.25, 0.3) is 5.76 Å². The molecule has 0 radical (unpaired) electrons. The van der Waals surface area contributed by atoms with Gasteiger partial charge in [-0.05, 0) is 23.3 Å². The second-order valence-corrected chi connectivity index (χ2v) is 9.62. The van der Waals surface area contributed by atoms with Gasteiger partial charge in [0.15, 0.2) is 4.34 Å². The van der Waals surface area contributed by atoms with Gasteiger partial charge in [-0.2, -0.15) is 0 Å². The molecular formula is C25H18N4O3S2. The fourth-order valence-electron chi connectivity index (χ4n) is 3.72.